The quantitative estimate of drug-likeness (QED) is 0.586. The number of aromatic nitrogens is 2. The molecule has 7 nitrogen and oxygen atoms in total. The van der Waals surface area contributed by atoms with E-state index in [1.807, 2.05) is 0 Å². The van der Waals surface area contributed by atoms with Gasteiger partial charge in [0.1, 0.15) is 5.82 Å². The van der Waals surface area contributed by atoms with Crippen molar-refractivity contribution < 1.29 is 10.2 Å². The van der Waals surface area contributed by atoms with Crippen molar-refractivity contribution in [2.75, 3.05) is 5.32 Å². The van der Waals surface area contributed by atoms with Crippen LogP contribution in [0.1, 0.15) is 37.2 Å². The molecule has 2 heterocycles. The summed E-state index contributed by atoms with van der Waals surface area (Å²) >= 11 is 0. The summed E-state index contributed by atoms with van der Waals surface area (Å²) in [6.07, 6.45) is 1.68. The van der Waals surface area contributed by atoms with Gasteiger partial charge in [0.15, 0.2) is 0 Å². The molecule has 2 aliphatic carbocycles. The first-order valence-corrected chi connectivity index (χ1v) is 7.81. The lowest BCUT2D eigenvalue weighted by molar-refractivity contribution is 0.0335. The minimum Gasteiger partial charge on any atom is -0.390 e. The Bertz CT molecular complexity index is 761. The van der Waals surface area contributed by atoms with Crippen molar-refractivity contribution in [1.29, 1.82) is 0 Å². The third kappa shape index (κ3) is 1.48. The largest absolute Gasteiger partial charge is 0.390 e. The SMILES string of the molecule is Cn1c2c(c(=O)n(C)c1=O)[C@@H]1[C@@H](O)[C@@H](O)C[C@@H]1C1(CCC1)N2. The van der Waals surface area contributed by atoms with Gasteiger partial charge >= 0.3 is 5.69 Å². The van der Waals surface area contributed by atoms with Crippen LogP contribution in [0.4, 0.5) is 5.82 Å². The van der Waals surface area contributed by atoms with Crippen LogP contribution in [-0.2, 0) is 14.1 Å². The van der Waals surface area contributed by atoms with Crippen LogP contribution in [-0.4, -0.2) is 37.1 Å². The molecule has 7 heteroatoms. The second-order valence-electron chi connectivity index (χ2n) is 7.03. The maximum Gasteiger partial charge on any atom is 0.332 e. The number of aliphatic hydroxyl groups excluding tert-OH is 2. The number of fused-ring (bicyclic) bond motifs is 4. The molecule has 0 saturated heterocycles. The summed E-state index contributed by atoms with van der Waals surface area (Å²) in [7, 11) is 3.09. The molecule has 1 aliphatic heterocycles. The molecule has 0 radical (unpaired) electrons. The number of hydrogen-bond acceptors (Lipinski definition) is 5. The molecule has 3 N–H and O–H groups in total. The van der Waals surface area contributed by atoms with Gasteiger partial charge in [0.2, 0.25) is 0 Å². The summed E-state index contributed by atoms with van der Waals surface area (Å²) in [6, 6.07) is 0. The predicted molar refractivity (Wildman–Crippen MR) is 80.0 cm³/mol. The second kappa shape index (κ2) is 4.23. The van der Waals surface area contributed by atoms with E-state index in [9.17, 15) is 19.8 Å². The first-order chi connectivity index (χ1) is 10.4. The number of nitrogens with zero attached hydrogens (tertiary/aromatic N) is 2. The van der Waals surface area contributed by atoms with Gasteiger partial charge in [-0.05, 0) is 31.6 Å². The third-order valence-corrected chi connectivity index (χ3v) is 6.05. The van der Waals surface area contributed by atoms with Gasteiger partial charge in [-0.1, -0.05) is 0 Å². The molecule has 2 saturated carbocycles. The Kier molecular flexibility index (Phi) is 2.70. The van der Waals surface area contributed by atoms with E-state index in [-0.39, 0.29) is 22.7 Å². The van der Waals surface area contributed by atoms with Crippen LogP contribution in [0.2, 0.25) is 0 Å². The van der Waals surface area contributed by atoms with E-state index in [2.05, 4.69) is 5.32 Å². The van der Waals surface area contributed by atoms with E-state index in [4.69, 9.17) is 0 Å². The van der Waals surface area contributed by atoms with Crippen LogP contribution >= 0.6 is 0 Å². The molecule has 0 bridgehead atoms. The van der Waals surface area contributed by atoms with Crippen molar-refractivity contribution in [3.63, 3.8) is 0 Å². The third-order valence-electron chi connectivity index (χ3n) is 6.05. The van der Waals surface area contributed by atoms with Gasteiger partial charge in [0.25, 0.3) is 5.56 Å². The van der Waals surface area contributed by atoms with Gasteiger partial charge in [-0.15, -0.1) is 0 Å². The molecule has 0 amide bonds. The molecule has 0 unspecified atom stereocenters. The van der Waals surface area contributed by atoms with E-state index >= 15 is 0 Å². The molecule has 1 aromatic heterocycles. The number of nitrogens with one attached hydrogen (secondary N) is 1. The highest BCUT2D eigenvalue weighted by Crippen LogP contribution is 2.57. The van der Waals surface area contributed by atoms with E-state index < -0.39 is 18.1 Å². The van der Waals surface area contributed by atoms with Crippen LogP contribution in [0, 0.1) is 5.92 Å². The second-order valence-corrected chi connectivity index (χ2v) is 7.03. The van der Waals surface area contributed by atoms with Gasteiger partial charge in [-0.3, -0.25) is 13.9 Å². The summed E-state index contributed by atoms with van der Waals surface area (Å²) in [5.41, 5.74) is -0.511. The zero-order valence-corrected chi connectivity index (χ0v) is 12.7. The lowest BCUT2D eigenvalue weighted by Gasteiger charge is -2.53. The van der Waals surface area contributed by atoms with Gasteiger partial charge in [-0.2, -0.15) is 0 Å². The maximum atomic E-state index is 12.6. The van der Waals surface area contributed by atoms with Gasteiger partial charge in [0, 0.05) is 25.6 Å². The maximum absolute atomic E-state index is 12.6. The van der Waals surface area contributed by atoms with Gasteiger partial charge in [0.05, 0.1) is 17.8 Å². The first kappa shape index (κ1) is 14.0. The van der Waals surface area contributed by atoms with E-state index in [1.54, 1.807) is 7.05 Å². The van der Waals surface area contributed by atoms with Crippen molar-refractivity contribution >= 4 is 5.82 Å². The highest BCUT2D eigenvalue weighted by atomic mass is 16.3. The van der Waals surface area contributed by atoms with E-state index in [1.165, 1.54) is 11.6 Å². The number of aliphatic hydroxyl groups is 2. The molecule has 4 rings (SSSR count). The Morgan fingerprint density at radius 2 is 1.86 bits per heavy atom. The molecule has 4 atom stereocenters. The fourth-order valence-electron chi connectivity index (χ4n) is 4.67. The Balaban J connectivity index is 2.01. The van der Waals surface area contributed by atoms with Crippen LogP contribution in [0.15, 0.2) is 9.59 Å². The lowest BCUT2D eigenvalue weighted by Crippen LogP contribution is -2.58. The summed E-state index contributed by atoms with van der Waals surface area (Å²) in [6.45, 7) is 0. The normalized spacial score (nSPS) is 34.7. The fourth-order valence-corrected chi connectivity index (χ4v) is 4.67. The zero-order chi connectivity index (χ0) is 15.8. The predicted octanol–water partition coefficient (Wildman–Crippen LogP) is -0.742. The highest BCUT2D eigenvalue weighted by molar-refractivity contribution is 5.54. The summed E-state index contributed by atoms with van der Waals surface area (Å²) in [5.74, 6) is 0.142. The standard InChI is InChI=1S/C15H21N3O4/c1-17-12-10(13(21)18(2)14(17)22)9-7(6-8(19)11(9)20)15(16-12)4-3-5-15/h7-9,11,16,19-20H,3-6H2,1-2H3/t7-,8-,9+,11-/m0/s1. The van der Waals surface area contributed by atoms with Crippen LogP contribution < -0.4 is 16.6 Å². The monoisotopic (exact) mass is 307 g/mol. The minimum absolute atomic E-state index is 0.0314. The molecule has 2 fully saturated rings. The average molecular weight is 307 g/mol. The molecule has 3 aliphatic rings. The topological polar surface area (TPSA) is 96.5 Å². The number of anilines is 1. The summed E-state index contributed by atoms with van der Waals surface area (Å²) in [4.78, 5) is 24.8. The minimum atomic E-state index is -0.950. The Morgan fingerprint density at radius 3 is 2.45 bits per heavy atom. The molecular weight excluding hydrogens is 286 g/mol. The molecule has 1 aromatic rings. The van der Waals surface area contributed by atoms with Crippen molar-refractivity contribution in [3.8, 4) is 0 Å². The first-order valence-electron chi connectivity index (χ1n) is 7.81. The smallest absolute Gasteiger partial charge is 0.332 e. The Morgan fingerprint density at radius 1 is 1.18 bits per heavy atom. The van der Waals surface area contributed by atoms with Crippen LogP contribution in [0.25, 0.3) is 0 Å². The summed E-state index contributed by atoms with van der Waals surface area (Å²) in [5, 5.41) is 24.0. The average Bonchev–Trinajstić information content (AvgIpc) is 2.76. The molecule has 120 valence electrons. The Hall–Kier alpha value is -1.60. The molecule has 1 spiro atoms. The van der Waals surface area contributed by atoms with Crippen molar-refractivity contribution in [1.82, 2.24) is 9.13 Å². The Labute approximate surface area is 127 Å². The number of rotatable bonds is 0. The van der Waals surface area contributed by atoms with Gasteiger partial charge in [-0.25, -0.2) is 4.79 Å². The van der Waals surface area contributed by atoms with Crippen LogP contribution in [0.5, 0.6) is 0 Å². The van der Waals surface area contributed by atoms with Crippen molar-refractivity contribution in [2.24, 2.45) is 20.0 Å². The lowest BCUT2D eigenvalue weighted by atomic mass is 9.61. The fraction of sp³-hybridized carbons (Fsp3) is 0.733. The molecule has 22 heavy (non-hydrogen) atoms. The molecular formula is C15H21N3O4. The van der Waals surface area contributed by atoms with Crippen molar-refractivity contribution in [2.45, 2.75) is 49.3 Å². The van der Waals surface area contributed by atoms with E-state index in [0.717, 1.165) is 23.8 Å². The summed E-state index contributed by atoms with van der Waals surface area (Å²) < 4.78 is 2.53. The van der Waals surface area contributed by atoms with Gasteiger partial charge < -0.3 is 15.5 Å². The number of hydrogen-bond donors (Lipinski definition) is 3. The van der Waals surface area contributed by atoms with Crippen LogP contribution in [0.3, 0.4) is 0 Å². The highest BCUT2D eigenvalue weighted by Gasteiger charge is 2.59. The van der Waals surface area contributed by atoms with E-state index in [0.29, 0.717) is 17.8 Å². The van der Waals surface area contributed by atoms with Crippen molar-refractivity contribution in [3.05, 3.63) is 26.4 Å². The zero-order valence-electron chi connectivity index (χ0n) is 12.7. The molecule has 0 aromatic carbocycles.